The number of carbonyl (C=O) groups excluding carboxylic acids is 2. The number of carbonyl (C=O) groups is 2. The Hall–Kier alpha value is -2.50. The van der Waals surface area contributed by atoms with Crippen molar-refractivity contribution in [1.82, 2.24) is 15.5 Å². The van der Waals surface area contributed by atoms with E-state index in [1.165, 1.54) is 0 Å². The van der Waals surface area contributed by atoms with Crippen molar-refractivity contribution in [2.45, 2.75) is 33.7 Å². The number of hydrogen-bond acceptors (Lipinski definition) is 3. The van der Waals surface area contributed by atoms with Crippen molar-refractivity contribution < 1.29 is 14.3 Å². The molecule has 0 fully saturated rings. The number of amides is 3. The third-order valence-corrected chi connectivity index (χ3v) is 4.08. The van der Waals surface area contributed by atoms with Gasteiger partial charge in [-0.05, 0) is 33.8 Å². The Balaban J connectivity index is 2.51. The Morgan fingerprint density at radius 3 is 2.50 bits per heavy atom. The summed E-state index contributed by atoms with van der Waals surface area (Å²) in [5, 5.41) is 5.57. The number of hydrogen-bond donors (Lipinski definition) is 2. The number of benzene rings is 1. The van der Waals surface area contributed by atoms with Crippen LogP contribution in [0.25, 0.3) is 0 Å². The first kappa shape index (κ1) is 17.8. The van der Waals surface area contributed by atoms with Crippen LogP contribution in [0.1, 0.15) is 39.3 Å². The van der Waals surface area contributed by atoms with Crippen LogP contribution in [0.2, 0.25) is 0 Å². The zero-order chi connectivity index (χ0) is 17.7. The van der Waals surface area contributed by atoms with Crippen molar-refractivity contribution in [3.8, 4) is 5.75 Å². The molecule has 1 atom stereocenters. The summed E-state index contributed by atoms with van der Waals surface area (Å²) in [6.07, 6.45) is 0. The zero-order valence-electron chi connectivity index (χ0n) is 14.7. The van der Waals surface area contributed by atoms with Gasteiger partial charge < -0.3 is 20.3 Å². The van der Waals surface area contributed by atoms with E-state index < -0.39 is 6.04 Å². The molecule has 0 saturated heterocycles. The van der Waals surface area contributed by atoms with Crippen LogP contribution >= 0.6 is 0 Å². The molecule has 0 bridgehead atoms. The van der Waals surface area contributed by atoms with E-state index in [2.05, 4.69) is 10.6 Å². The smallest absolute Gasteiger partial charge is 0.319 e. The van der Waals surface area contributed by atoms with Crippen LogP contribution < -0.4 is 15.4 Å². The second-order valence-corrected chi connectivity index (χ2v) is 5.52. The van der Waals surface area contributed by atoms with Crippen molar-refractivity contribution in [1.29, 1.82) is 0 Å². The minimum Gasteiger partial charge on any atom is -0.494 e. The molecule has 1 aromatic rings. The Bertz CT molecular complexity index is 651. The van der Waals surface area contributed by atoms with Crippen LogP contribution in [-0.2, 0) is 4.79 Å². The predicted octanol–water partition coefficient (Wildman–Crippen LogP) is 2.58. The molecule has 0 radical (unpaired) electrons. The number of ether oxygens (including phenoxy) is 1. The third-order valence-electron chi connectivity index (χ3n) is 4.08. The fourth-order valence-corrected chi connectivity index (χ4v) is 2.90. The van der Waals surface area contributed by atoms with E-state index >= 15 is 0 Å². The maximum Gasteiger partial charge on any atom is 0.319 e. The van der Waals surface area contributed by atoms with E-state index in [1.54, 1.807) is 11.8 Å². The van der Waals surface area contributed by atoms with Crippen molar-refractivity contribution >= 4 is 11.9 Å². The highest BCUT2D eigenvalue weighted by Crippen LogP contribution is 2.33. The molecule has 130 valence electrons. The molecular formula is C18H25N3O3. The summed E-state index contributed by atoms with van der Waals surface area (Å²) in [4.78, 5) is 26.7. The fourth-order valence-electron chi connectivity index (χ4n) is 2.90. The van der Waals surface area contributed by atoms with Crippen LogP contribution in [0.3, 0.4) is 0 Å². The van der Waals surface area contributed by atoms with E-state index in [9.17, 15) is 9.59 Å². The summed E-state index contributed by atoms with van der Waals surface area (Å²) in [5.74, 6) is 0.589. The monoisotopic (exact) mass is 331 g/mol. The quantitative estimate of drug-likeness (QED) is 0.842. The van der Waals surface area contributed by atoms with Gasteiger partial charge in [-0.1, -0.05) is 18.2 Å². The molecule has 1 aromatic carbocycles. The molecule has 0 saturated carbocycles. The Morgan fingerprint density at radius 1 is 1.21 bits per heavy atom. The maximum absolute atomic E-state index is 13.0. The fraction of sp³-hybridized carbons (Fsp3) is 0.444. The van der Waals surface area contributed by atoms with Gasteiger partial charge in [0.15, 0.2) is 0 Å². The largest absolute Gasteiger partial charge is 0.494 e. The molecule has 1 heterocycles. The number of allylic oxidation sites excluding steroid dienone is 1. The lowest BCUT2D eigenvalue weighted by Gasteiger charge is -2.32. The number of rotatable bonds is 6. The molecule has 0 spiro atoms. The van der Waals surface area contributed by atoms with Gasteiger partial charge in [0, 0.05) is 24.4 Å². The van der Waals surface area contributed by atoms with Crippen LogP contribution in [0.15, 0.2) is 35.5 Å². The van der Waals surface area contributed by atoms with E-state index in [4.69, 9.17) is 4.74 Å². The van der Waals surface area contributed by atoms with Crippen LogP contribution in [-0.4, -0.2) is 36.5 Å². The van der Waals surface area contributed by atoms with Gasteiger partial charge in [-0.25, -0.2) is 4.79 Å². The number of urea groups is 1. The Labute approximate surface area is 142 Å². The SMILES string of the molecule is CCOc1ccccc1[C@@H]1NC(=O)NC(C)=C1C(=O)N(CC)CC. The molecule has 2 N–H and O–H groups in total. The lowest BCUT2D eigenvalue weighted by molar-refractivity contribution is -0.127. The van der Waals surface area contributed by atoms with Gasteiger partial charge in [0.25, 0.3) is 5.91 Å². The highest BCUT2D eigenvalue weighted by molar-refractivity contribution is 5.98. The second-order valence-electron chi connectivity index (χ2n) is 5.52. The minimum absolute atomic E-state index is 0.0821. The van der Waals surface area contributed by atoms with Gasteiger partial charge in [-0.2, -0.15) is 0 Å². The third kappa shape index (κ3) is 3.53. The number of nitrogens with one attached hydrogen (secondary N) is 2. The van der Waals surface area contributed by atoms with Crippen LogP contribution in [0, 0.1) is 0 Å². The van der Waals surface area contributed by atoms with Gasteiger partial charge in [0.05, 0.1) is 18.2 Å². The summed E-state index contributed by atoms with van der Waals surface area (Å²) in [6.45, 7) is 9.27. The van der Waals surface area contributed by atoms with E-state index in [1.807, 2.05) is 45.0 Å². The molecule has 0 aliphatic carbocycles. The molecule has 24 heavy (non-hydrogen) atoms. The highest BCUT2D eigenvalue weighted by Gasteiger charge is 2.34. The summed E-state index contributed by atoms with van der Waals surface area (Å²) >= 11 is 0. The highest BCUT2D eigenvalue weighted by atomic mass is 16.5. The van der Waals surface area contributed by atoms with Crippen molar-refractivity contribution in [2.75, 3.05) is 19.7 Å². The summed E-state index contributed by atoms with van der Waals surface area (Å²) in [6, 6.07) is 6.63. The van der Waals surface area contributed by atoms with Gasteiger partial charge in [-0.3, -0.25) is 4.79 Å². The molecule has 6 heteroatoms. The average Bonchev–Trinajstić information content (AvgIpc) is 2.56. The Morgan fingerprint density at radius 2 is 1.88 bits per heavy atom. The van der Waals surface area contributed by atoms with Crippen molar-refractivity contribution in [2.24, 2.45) is 0 Å². The van der Waals surface area contributed by atoms with Crippen molar-refractivity contribution in [3.05, 3.63) is 41.1 Å². The molecule has 0 unspecified atom stereocenters. The molecule has 2 rings (SSSR count). The van der Waals surface area contributed by atoms with Crippen LogP contribution in [0.4, 0.5) is 4.79 Å². The lowest BCUT2D eigenvalue weighted by Crippen LogP contribution is -2.47. The maximum atomic E-state index is 13.0. The van der Waals surface area contributed by atoms with E-state index in [-0.39, 0.29) is 11.9 Å². The van der Waals surface area contributed by atoms with Gasteiger partial charge in [0.2, 0.25) is 0 Å². The summed E-state index contributed by atoms with van der Waals surface area (Å²) in [5.41, 5.74) is 1.90. The standard InChI is InChI=1S/C18H25N3O3/c1-5-21(6-2)17(22)15-12(4)19-18(23)20-16(15)13-10-8-9-11-14(13)24-7-3/h8-11,16H,5-7H2,1-4H3,(H2,19,20,23)/t16-/m0/s1. The number of para-hydroxylation sites is 1. The molecule has 0 aromatic heterocycles. The van der Waals surface area contributed by atoms with Gasteiger partial charge >= 0.3 is 6.03 Å². The topological polar surface area (TPSA) is 70.7 Å². The zero-order valence-corrected chi connectivity index (χ0v) is 14.7. The van der Waals surface area contributed by atoms with Gasteiger partial charge in [0.1, 0.15) is 5.75 Å². The molecular weight excluding hydrogens is 306 g/mol. The molecule has 1 aliphatic heterocycles. The van der Waals surface area contributed by atoms with Crippen LogP contribution in [0.5, 0.6) is 5.75 Å². The Kier molecular flexibility index (Phi) is 5.84. The second kappa shape index (κ2) is 7.86. The van der Waals surface area contributed by atoms with E-state index in [0.29, 0.717) is 36.7 Å². The number of likely N-dealkylation sites (N-methyl/N-ethyl adjacent to an activating group) is 1. The summed E-state index contributed by atoms with van der Waals surface area (Å²) < 4.78 is 5.68. The predicted molar refractivity (Wildman–Crippen MR) is 92.6 cm³/mol. The molecule has 6 nitrogen and oxygen atoms in total. The average molecular weight is 331 g/mol. The molecule has 3 amide bonds. The normalized spacial score (nSPS) is 17.2. The first-order chi connectivity index (χ1) is 11.5. The number of nitrogens with zero attached hydrogens (tertiary/aromatic N) is 1. The van der Waals surface area contributed by atoms with Crippen molar-refractivity contribution in [3.63, 3.8) is 0 Å². The van der Waals surface area contributed by atoms with Gasteiger partial charge in [-0.15, -0.1) is 0 Å². The lowest BCUT2D eigenvalue weighted by atomic mass is 9.93. The van der Waals surface area contributed by atoms with E-state index in [0.717, 1.165) is 5.56 Å². The summed E-state index contributed by atoms with van der Waals surface area (Å²) in [7, 11) is 0. The first-order valence-corrected chi connectivity index (χ1v) is 8.32. The minimum atomic E-state index is -0.533. The molecule has 1 aliphatic rings. The first-order valence-electron chi connectivity index (χ1n) is 8.32.